The van der Waals surface area contributed by atoms with Gasteiger partial charge in [0.1, 0.15) is 5.75 Å². The van der Waals surface area contributed by atoms with Gasteiger partial charge in [-0.2, -0.15) is 0 Å². The summed E-state index contributed by atoms with van der Waals surface area (Å²) in [5.41, 5.74) is 1.53. The van der Waals surface area contributed by atoms with E-state index in [2.05, 4.69) is 11.1 Å². The molecule has 0 radical (unpaired) electrons. The smallest absolute Gasteiger partial charge is 0.337 e. The van der Waals surface area contributed by atoms with Crippen LogP contribution in [0.4, 0.5) is 0 Å². The second-order valence-electron chi connectivity index (χ2n) is 6.28. The summed E-state index contributed by atoms with van der Waals surface area (Å²) in [6, 6.07) is 9.50. The minimum Gasteiger partial charge on any atom is -0.497 e. The maximum absolute atomic E-state index is 12.6. The van der Waals surface area contributed by atoms with Gasteiger partial charge >= 0.3 is 5.97 Å². The van der Waals surface area contributed by atoms with Crippen molar-refractivity contribution in [1.29, 1.82) is 0 Å². The molecule has 1 aromatic heterocycles. The van der Waals surface area contributed by atoms with Crippen LogP contribution >= 0.6 is 0 Å². The number of carboxylic acids is 1. The number of carboxylic acid groups (broad SMARTS) is 1. The van der Waals surface area contributed by atoms with Crippen molar-refractivity contribution in [1.82, 2.24) is 9.88 Å². The van der Waals surface area contributed by atoms with E-state index in [1.165, 1.54) is 24.0 Å². The highest BCUT2D eigenvalue weighted by atomic mass is 16.5. The van der Waals surface area contributed by atoms with Gasteiger partial charge in [0.25, 0.3) is 5.91 Å². The van der Waals surface area contributed by atoms with Crippen LogP contribution in [0.25, 0.3) is 0 Å². The summed E-state index contributed by atoms with van der Waals surface area (Å²) in [4.78, 5) is 29.1. The van der Waals surface area contributed by atoms with Gasteiger partial charge < -0.3 is 14.7 Å². The molecule has 25 heavy (non-hydrogen) atoms. The fourth-order valence-electron chi connectivity index (χ4n) is 3.11. The molecule has 0 bridgehead atoms. The largest absolute Gasteiger partial charge is 0.497 e. The summed E-state index contributed by atoms with van der Waals surface area (Å²) >= 11 is 0. The quantitative estimate of drug-likeness (QED) is 0.905. The number of hydrogen-bond acceptors (Lipinski definition) is 4. The lowest BCUT2D eigenvalue weighted by Crippen LogP contribution is -2.44. The van der Waals surface area contributed by atoms with E-state index in [4.69, 9.17) is 9.84 Å². The van der Waals surface area contributed by atoms with E-state index in [1.807, 2.05) is 18.2 Å². The van der Waals surface area contributed by atoms with Crippen LogP contribution in [-0.2, 0) is 0 Å². The predicted molar refractivity (Wildman–Crippen MR) is 92.0 cm³/mol. The molecule has 1 aromatic carbocycles. The first kappa shape index (κ1) is 17.0. The monoisotopic (exact) mass is 340 g/mol. The van der Waals surface area contributed by atoms with Crippen LogP contribution in [0.15, 0.2) is 42.7 Å². The zero-order chi connectivity index (χ0) is 18.0. The van der Waals surface area contributed by atoms with Crippen LogP contribution in [0.2, 0.25) is 0 Å². The van der Waals surface area contributed by atoms with Crippen LogP contribution in [0.3, 0.4) is 0 Å². The van der Waals surface area contributed by atoms with Gasteiger partial charge in [-0.1, -0.05) is 12.1 Å². The molecule has 0 spiro atoms. The van der Waals surface area contributed by atoms with Crippen molar-refractivity contribution in [3.05, 3.63) is 59.4 Å². The Morgan fingerprint density at radius 1 is 1.20 bits per heavy atom. The van der Waals surface area contributed by atoms with Gasteiger partial charge in [0, 0.05) is 25.5 Å². The summed E-state index contributed by atoms with van der Waals surface area (Å²) in [7, 11) is 3.40. The summed E-state index contributed by atoms with van der Waals surface area (Å²) in [6.07, 6.45) is 4.40. The molecule has 6 nitrogen and oxygen atoms in total. The maximum atomic E-state index is 12.6. The van der Waals surface area contributed by atoms with Gasteiger partial charge in [-0.05, 0) is 42.5 Å². The third-order valence-corrected chi connectivity index (χ3v) is 4.78. The molecule has 1 fully saturated rings. The van der Waals surface area contributed by atoms with Crippen LogP contribution in [0.5, 0.6) is 5.75 Å². The second kappa shape index (κ2) is 6.93. The van der Waals surface area contributed by atoms with E-state index in [1.54, 1.807) is 19.1 Å². The van der Waals surface area contributed by atoms with Gasteiger partial charge in [-0.25, -0.2) is 4.79 Å². The van der Waals surface area contributed by atoms with Gasteiger partial charge in [0.05, 0.1) is 18.2 Å². The molecule has 3 rings (SSSR count). The SMILES string of the molecule is COc1cccc(C2CC(N(C)C(=O)c3cncc(C(=O)O)c3)C2)c1. The first-order chi connectivity index (χ1) is 12.0. The van der Waals surface area contributed by atoms with E-state index in [0.29, 0.717) is 11.5 Å². The number of aromatic carboxylic acids is 1. The molecule has 1 N–H and O–H groups in total. The third-order valence-electron chi connectivity index (χ3n) is 4.78. The number of carbonyl (C=O) groups is 2. The van der Waals surface area contributed by atoms with E-state index in [-0.39, 0.29) is 17.5 Å². The van der Waals surface area contributed by atoms with Crippen molar-refractivity contribution in [2.24, 2.45) is 0 Å². The molecule has 130 valence electrons. The van der Waals surface area contributed by atoms with Crippen LogP contribution in [-0.4, -0.2) is 47.1 Å². The van der Waals surface area contributed by atoms with Crippen molar-refractivity contribution >= 4 is 11.9 Å². The van der Waals surface area contributed by atoms with Crippen molar-refractivity contribution in [2.45, 2.75) is 24.8 Å². The van der Waals surface area contributed by atoms with Crippen molar-refractivity contribution < 1.29 is 19.4 Å². The molecule has 1 aliphatic rings. The number of aromatic nitrogens is 1. The number of methoxy groups -OCH3 is 1. The number of benzene rings is 1. The van der Waals surface area contributed by atoms with Crippen molar-refractivity contribution in [3.8, 4) is 5.75 Å². The van der Waals surface area contributed by atoms with Gasteiger partial charge in [0.15, 0.2) is 0 Å². The topological polar surface area (TPSA) is 79.7 Å². The van der Waals surface area contributed by atoms with Gasteiger partial charge in [-0.15, -0.1) is 0 Å². The highest BCUT2D eigenvalue weighted by Crippen LogP contribution is 2.40. The molecule has 0 unspecified atom stereocenters. The van der Waals surface area contributed by atoms with E-state index in [9.17, 15) is 9.59 Å². The van der Waals surface area contributed by atoms with Crippen LogP contribution in [0, 0.1) is 0 Å². The van der Waals surface area contributed by atoms with Crippen LogP contribution in [0.1, 0.15) is 45.0 Å². The summed E-state index contributed by atoms with van der Waals surface area (Å²) in [5, 5.41) is 9.02. The molecule has 2 aromatic rings. The zero-order valence-electron chi connectivity index (χ0n) is 14.2. The number of rotatable bonds is 5. The Kier molecular flexibility index (Phi) is 4.70. The minimum atomic E-state index is -1.09. The molecular weight excluding hydrogens is 320 g/mol. The molecule has 1 amide bonds. The molecule has 0 saturated heterocycles. The van der Waals surface area contributed by atoms with Crippen LogP contribution < -0.4 is 4.74 Å². The lowest BCUT2D eigenvalue weighted by molar-refractivity contribution is 0.0620. The van der Waals surface area contributed by atoms with Gasteiger partial charge in [-0.3, -0.25) is 9.78 Å². The normalized spacial score (nSPS) is 19.0. The molecule has 6 heteroatoms. The fourth-order valence-corrected chi connectivity index (χ4v) is 3.11. The van der Waals surface area contributed by atoms with Gasteiger partial charge in [0.2, 0.25) is 0 Å². The van der Waals surface area contributed by atoms with Crippen molar-refractivity contribution in [2.75, 3.05) is 14.2 Å². The Morgan fingerprint density at radius 2 is 1.92 bits per heavy atom. The molecule has 0 aliphatic heterocycles. The molecular formula is C19H20N2O4. The Morgan fingerprint density at radius 3 is 2.60 bits per heavy atom. The average molecular weight is 340 g/mol. The standard InChI is InChI=1S/C19H20N2O4/c1-21(18(22)14-6-15(19(23)24)11-20-10-14)16-7-13(8-16)12-4-3-5-17(9-12)25-2/h3-6,9-11,13,16H,7-8H2,1-2H3,(H,23,24). The third kappa shape index (κ3) is 3.47. The second-order valence-corrected chi connectivity index (χ2v) is 6.28. The lowest BCUT2D eigenvalue weighted by Gasteiger charge is -2.41. The molecule has 0 atom stereocenters. The Hall–Kier alpha value is -2.89. The Balaban J connectivity index is 1.65. The number of carbonyl (C=O) groups excluding carboxylic acids is 1. The number of ether oxygens (including phenoxy) is 1. The van der Waals surface area contributed by atoms with E-state index < -0.39 is 5.97 Å². The van der Waals surface area contributed by atoms with E-state index in [0.717, 1.165) is 18.6 Å². The molecule has 1 saturated carbocycles. The average Bonchev–Trinajstić information content (AvgIpc) is 2.60. The number of hydrogen-bond donors (Lipinski definition) is 1. The lowest BCUT2D eigenvalue weighted by atomic mass is 9.75. The fraction of sp³-hybridized carbons (Fsp3) is 0.316. The summed E-state index contributed by atoms with van der Waals surface area (Å²) < 4.78 is 5.26. The predicted octanol–water partition coefficient (Wildman–Crippen LogP) is 2.81. The maximum Gasteiger partial charge on any atom is 0.337 e. The van der Waals surface area contributed by atoms with E-state index >= 15 is 0 Å². The summed E-state index contributed by atoms with van der Waals surface area (Å²) in [6.45, 7) is 0. The molecule has 1 heterocycles. The first-order valence-electron chi connectivity index (χ1n) is 8.09. The van der Waals surface area contributed by atoms with Crippen molar-refractivity contribution in [3.63, 3.8) is 0 Å². The number of pyridine rings is 1. The minimum absolute atomic E-state index is 0.0158. The highest BCUT2D eigenvalue weighted by molar-refractivity contribution is 5.97. The first-order valence-corrected chi connectivity index (χ1v) is 8.09. The Bertz CT molecular complexity index is 800. The number of nitrogens with zero attached hydrogens (tertiary/aromatic N) is 2. The highest BCUT2D eigenvalue weighted by Gasteiger charge is 2.35. The Labute approximate surface area is 146 Å². The number of amides is 1. The molecule has 1 aliphatic carbocycles. The zero-order valence-corrected chi connectivity index (χ0v) is 14.2. The summed E-state index contributed by atoms with van der Waals surface area (Å²) in [5.74, 6) is -0.0583.